The normalized spacial score (nSPS) is 10.6. The second-order valence-electron chi connectivity index (χ2n) is 4.06. The molecule has 3 aromatic rings. The minimum absolute atomic E-state index is 0.659. The van der Waals surface area contributed by atoms with E-state index in [1.165, 1.54) is 0 Å². The van der Waals surface area contributed by atoms with Gasteiger partial charge in [0.15, 0.2) is 4.67 Å². The van der Waals surface area contributed by atoms with Crippen LogP contribution in [0.4, 0.5) is 5.69 Å². The molecule has 0 radical (unpaired) electrons. The summed E-state index contributed by atoms with van der Waals surface area (Å²) < 4.78 is 8.00. The molecule has 0 saturated heterocycles. The fourth-order valence-corrected chi connectivity index (χ4v) is 2.13. The van der Waals surface area contributed by atoms with Gasteiger partial charge < -0.3 is 9.73 Å². The Morgan fingerprint density at radius 2 is 2.00 bits per heavy atom. The molecule has 0 fully saturated rings. The minimum atomic E-state index is 0.659. The predicted molar refractivity (Wildman–Crippen MR) is 77.3 cm³/mol. The molecule has 1 N–H and O–H groups in total. The summed E-state index contributed by atoms with van der Waals surface area (Å²) in [4.78, 5) is 0. The number of halogens is 1. The number of nitrogens with one attached hydrogen (secondary N) is 1. The smallest absolute Gasteiger partial charge is 0.169 e. The maximum absolute atomic E-state index is 5.43. The van der Waals surface area contributed by atoms with E-state index in [-0.39, 0.29) is 0 Å². The van der Waals surface area contributed by atoms with Gasteiger partial charge in [-0.2, -0.15) is 5.10 Å². The fourth-order valence-electron chi connectivity index (χ4n) is 1.79. The molecule has 1 aromatic carbocycles. The summed E-state index contributed by atoms with van der Waals surface area (Å²) in [5.74, 6) is 0.892. The Balaban J connectivity index is 1.66. The van der Waals surface area contributed by atoms with Gasteiger partial charge in [0.05, 0.1) is 12.2 Å². The van der Waals surface area contributed by atoms with Crippen LogP contribution in [-0.2, 0) is 6.54 Å². The first-order chi connectivity index (χ1) is 9.31. The number of furan rings is 1. The largest absolute Gasteiger partial charge is 0.452 e. The van der Waals surface area contributed by atoms with Crippen molar-refractivity contribution in [2.45, 2.75) is 6.54 Å². The van der Waals surface area contributed by atoms with Gasteiger partial charge in [-0.25, -0.2) is 4.68 Å². The monoisotopic (exact) mass is 317 g/mol. The van der Waals surface area contributed by atoms with Gasteiger partial charge in [-0.1, -0.05) is 0 Å². The minimum Gasteiger partial charge on any atom is -0.452 e. The summed E-state index contributed by atoms with van der Waals surface area (Å²) in [6, 6.07) is 13.8. The zero-order valence-electron chi connectivity index (χ0n) is 10.1. The van der Waals surface area contributed by atoms with E-state index in [2.05, 4.69) is 26.3 Å². The Morgan fingerprint density at radius 1 is 1.16 bits per heavy atom. The van der Waals surface area contributed by atoms with Crippen LogP contribution in [0.5, 0.6) is 0 Å². The lowest BCUT2D eigenvalue weighted by Gasteiger charge is -2.06. The standard InChI is InChI=1S/C14H12BrN3O/c15-14-7-6-13(19-14)10-16-11-2-4-12(5-3-11)18-9-1-8-17-18/h1-9,16H,10H2. The van der Waals surface area contributed by atoms with Gasteiger partial charge in [0.25, 0.3) is 0 Å². The molecule has 0 unspecified atom stereocenters. The van der Waals surface area contributed by atoms with Crippen molar-refractivity contribution in [2.24, 2.45) is 0 Å². The molecule has 5 heteroatoms. The average molecular weight is 318 g/mol. The molecule has 0 bridgehead atoms. The van der Waals surface area contributed by atoms with Crippen molar-refractivity contribution in [3.63, 3.8) is 0 Å². The van der Waals surface area contributed by atoms with Crippen LogP contribution in [0.25, 0.3) is 5.69 Å². The number of benzene rings is 1. The Morgan fingerprint density at radius 3 is 2.63 bits per heavy atom. The van der Waals surface area contributed by atoms with E-state index in [0.717, 1.165) is 21.8 Å². The van der Waals surface area contributed by atoms with Crippen molar-refractivity contribution in [3.05, 3.63) is 65.3 Å². The first-order valence-electron chi connectivity index (χ1n) is 5.89. The van der Waals surface area contributed by atoms with Crippen LogP contribution in [0.15, 0.2) is 63.9 Å². The Hall–Kier alpha value is -2.01. The summed E-state index contributed by atoms with van der Waals surface area (Å²) in [7, 11) is 0. The topological polar surface area (TPSA) is 43.0 Å². The van der Waals surface area contributed by atoms with Gasteiger partial charge in [-0.05, 0) is 58.4 Å². The summed E-state index contributed by atoms with van der Waals surface area (Å²) in [5, 5.41) is 7.49. The molecule has 3 rings (SSSR count). The fraction of sp³-hybridized carbons (Fsp3) is 0.0714. The molecule has 0 atom stereocenters. The summed E-state index contributed by atoms with van der Waals surface area (Å²) in [5.41, 5.74) is 2.08. The first kappa shape index (κ1) is 12.0. The van der Waals surface area contributed by atoms with Crippen molar-refractivity contribution >= 4 is 21.6 Å². The molecule has 19 heavy (non-hydrogen) atoms. The van der Waals surface area contributed by atoms with Crippen LogP contribution in [0.1, 0.15) is 5.76 Å². The highest BCUT2D eigenvalue weighted by Crippen LogP contribution is 2.17. The molecule has 0 spiro atoms. The number of hydrogen-bond acceptors (Lipinski definition) is 3. The molecule has 0 aliphatic rings. The van der Waals surface area contributed by atoms with Crippen LogP contribution >= 0.6 is 15.9 Å². The molecule has 2 heterocycles. The van der Waals surface area contributed by atoms with E-state index >= 15 is 0 Å². The Labute approximate surface area is 119 Å². The van der Waals surface area contributed by atoms with Crippen molar-refractivity contribution in [2.75, 3.05) is 5.32 Å². The van der Waals surface area contributed by atoms with E-state index < -0.39 is 0 Å². The highest BCUT2D eigenvalue weighted by Gasteiger charge is 2.00. The van der Waals surface area contributed by atoms with E-state index in [4.69, 9.17) is 4.42 Å². The number of nitrogens with zero attached hydrogens (tertiary/aromatic N) is 2. The number of aromatic nitrogens is 2. The lowest BCUT2D eigenvalue weighted by molar-refractivity contribution is 0.495. The average Bonchev–Trinajstić information content (AvgIpc) is 3.08. The zero-order valence-corrected chi connectivity index (χ0v) is 11.7. The van der Waals surface area contributed by atoms with E-state index in [0.29, 0.717) is 6.54 Å². The molecule has 96 valence electrons. The van der Waals surface area contributed by atoms with Crippen LogP contribution in [0.2, 0.25) is 0 Å². The van der Waals surface area contributed by atoms with Crippen LogP contribution in [0, 0.1) is 0 Å². The maximum Gasteiger partial charge on any atom is 0.169 e. The third-order valence-electron chi connectivity index (χ3n) is 2.73. The van der Waals surface area contributed by atoms with Crippen LogP contribution in [0.3, 0.4) is 0 Å². The van der Waals surface area contributed by atoms with E-state index in [1.54, 1.807) is 6.20 Å². The van der Waals surface area contributed by atoms with E-state index in [1.807, 2.05) is 53.3 Å². The van der Waals surface area contributed by atoms with Crippen molar-refractivity contribution in [3.8, 4) is 5.69 Å². The Bertz CT molecular complexity index is 644. The molecule has 0 aliphatic carbocycles. The molecular formula is C14H12BrN3O. The molecule has 0 aliphatic heterocycles. The Kier molecular flexibility index (Phi) is 3.37. The van der Waals surface area contributed by atoms with Gasteiger partial charge in [-0.15, -0.1) is 0 Å². The molecule has 2 aromatic heterocycles. The van der Waals surface area contributed by atoms with Gasteiger partial charge in [-0.3, -0.25) is 0 Å². The van der Waals surface area contributed by atoms with Gasteiger partial charge in [0.1, 0.15) is 5.76 Å². The molecule has 0 saturated carbocycles. The molecular weight excluding hydrogens is 306 g/mol. The number of rotatable bonds is 4. The SMILES string of the molecule is Brc1ccc(CNc2ccc(-n3cccn3)cc2)o1. The highest BCUT2D eigenvalue weighted by molar-refractivity contribution is 9.10. The van der Waals surface area contributed by atoms with Crippen molar-refractivity contribution in [1.82, 2.24) is 9.78 Å². The molecule has 4 nitrogen and oxygen atoms in total. The number of hydrogen-bond donors (Lipinski definition) is 1. The predicted octanol–water partition coefficient (Wildman–Crippen LogP) is 3.84. The summed E-state index contributed by atoms with van der Waals surface area (Å²) in [6.45, 7) is 0.659. The quantitative estimate of drug-likeness (QED) is 0.795. The second kappa shape index (κ2) is 5.32. The van der Waals surface area contributed by atoms with Gasteiger partial charge in [0.2, 0.25) is 0 Å². The summed E-state index contributed by atoms with van der Waals surface area (Å²) in [6.07, 6.45) is 3.68. The summed E-state index contributed by atoms with van der Waals surface area (Å²) >= 11 is 3.29. The van der Waals surface area contributed by atoms with Crippen molar-refractivity contribution in [1.29, 1.82) is 0 Å². The van der Waals surface area contributed by atoms with Gasteiger partial charge >= 0.3 is 0 Å². The zero-order chi connectivity index (χ0) is 13.1. The van der Waals surface area contributed by atoms with Crippen molar-refractivity contribution < 1.29 is 4.42 Å². The lowest BCUT2D eigenvalue weighted by atomic mass is 10.3. The lowest BCUT2D eigenvalue weighted by Crippen LogP contribution is -1.99. The third-order valence-corrected chi connectivity index (χ3v) is 3.16. The first-order valence-corrected chi connectivity index (χ1v) is 6.69. The van der Waals surface area contributed by atoms with Crippen LogP contribution < -0.4 is 5.32 Å². The van der Waals surface area contributed by atoms with E-state index in [9.17, 15) is 0 Å². The second-order valence-corrected chi connectivity index (χ2v) is 4.84. The number of anilines is 1. The molecule has 0 amide bonds. The maximum atomic E-state index is 5.43. The third kappa shape index (κ3) is 2.88. The van der Waals surface area contributed by atoms with Gasteiger partial charge in [0, 0.05) is 18.1 Å². The highest BCUT2D eigenvalue weighted by atomic mass is 79.9. The van der Waals surface area contributed by atoms with Crippen LogP contribution in [-0.4, -0.2) is 9.78 Å².